The third-order valence-electron chi connectivity index (χ3n) is 3.17. The van der Waals surface area contributed by atoms with Crippen molar-refractivity contribution in [2.75, 3.05) is 19.0 Å². The Hall–Kier alpha value is -2.10. The first-order valence-corrected chi connectivity index (χ1v) is 6.08. The minimum absolute atomic E-state index is 0.230. The van der Waals surface area contributed by atoms with Crippen LogP contribution in [0.4, 0.5) is 5.82 Å². The van der Waals surface area contributed by atoms with Crippen LogP contribution in [-0.2, 0) is 6.42 Å². The van der Waals surface area contributed by atoms with Crippen molar-refractivity contribution in [3.05, 3.63) is 47.9 Å². The normalized spacial score (nSPS) is 17.7. The third kappa shape index (κ3) is 2.01. The summed E-state index contributed by atoms with van der Waals surface area (Å²) in [5.74, 6) is 2.90. The minimum Gasteiger partial charge on any atom is -0.493 e. The molecule has 1 atom stereocenters. The molecule has 0 amide bonds. The molecule has 92 valence electrons. The Morgan fingerprint density at radius 2 is 2.17 bits per heavy atom. The molecule has 1 N–H and O–H groups in total. The molecule has 0 aliphatic carbocycles. The molecule has 0 bridgehead atoms. The smallest absolute Gasteiger partial charge is 0.137 e. The van der Waals surface area contributed by atoms with Gasteiger partial charge in [-0.05, 0) is 24.1 Å². The molecule has 1 unspecified atom stereocenters. The molecule has 0 radical (unpaired) electrons. The highest BCUT2D eigenvalue weighted by Crippen LogP contribution is 2.30. The predicted octanol–water partition coefficient (Wildman–Crippen LogP) is 2.24. The number of anilines is 1. The van der Waals surface area contributed by atoms with E-state index in [2.05, 4.69) is 21.4 Å². The second-order valence-electron chi connectivity index (χ2n) is 4.37. The van der Waals surface area contributed by atoms with Crippen LogP contribution >= 0.6 is 0 Å². The average Bonchev–Trinajstić information content (AvgIpc) is 2.47. The monoisotopic (exact) mass is 241 g/mol. The molecule has 0 spiro atoms. The van der Waals surface area contributed by atoms with Gasteiger partial charge in [0.05, 0.1) is 12.5 Å². The fourth-order valence-electron chi connectivity index (χ4n) is 2.20. The number of hydrogen-bond acceptors (Lipinski definition) is 4. The van der Waals surface area contributed by atoms with Gasteiger partial charge < -0.3 is 10.1 Å². The van der Waals surface area contributed by atoms with Crippen molar-refractivity contribution in [3.8, 4) is 5.75 Å². The van der Waals surface area contributed by atoms with Crippen molar-refractivity contribution in [2.24, 2.45) is 0 Å². The summed E-state index contributed by atoms with van der Waals surface area (Å²) in [7, 11) is 1.86. The van der Waals surface area contributed by atoms with Crippen molar-refractivity contribution < 1.29 is 4.74 Å². The lowest BCUT2D eigenvalue weighted by Gasteiger charge is -2.24. The first-order chi connectivity index (χ1) is 8.86. The van der Waals surface area contributed by atoms with Gasteiger partial charge in [-0.3, -0.25) is 0 Å². The molecule has 18 heavy (non-hydrogen) atoms. The van der Waals surface area contributed by atoms with E-state index in [1.807, 2.05) is 31.3 Å². The van der Waals surface area contributed by atoms with E-state index in [4.69, 9.17) is 4.74 Å². The quantitative estimate of drug-likeness (QED) is 0.876. The highest BCUT2D eigenvalue weighted by atomic mass is 16.5. The SMILES string of the molecule is CNc1ccnc(C2COc3ccccc3C2)n1. The number of hydrogen-bond donors (Lipinski definition) is 1. The number of ether oxygens (including phenoxy) is 1. The fourth-order valence-corrected chi connectivity index (χ4v) is 2.20. The van der Waals surface area contributed by atoms with E-state index >= 15 is 0 Å². The topological polar surface area (TPSA) is 47.0 Å². The zero-order valence-electron chi connectivity index (χ0n) is 10.3. The van der Waals surface area contributed by atoms with E-state index in [0.717, 1.165) is 23.8 Å². The van der Waals surface area contributed by atoms with E-state index in [1.165, 1.54) is 5.56 Å². The van der Waals surface area contributed by atoms with Crippen molar-refractivity contribution in [2.45, 2.75) is 12.3 Å². The Balaban J connectivity index is 1.87. The molecule has 2 aromatic rings. The van der Waals surface area contributed by atoms with E-state index in [1.54, 1.807) is 6.20 Å². The van der Waals surface area contributed by atoms with Crippen LogP contribution in [0.1, 0.15) is 17.3 Å². The second-order valence-corrected chi connectivity index (χ2v) is 4.37. The third-order valence-corrected chi connectivity index (χ3v) is 3.17. The Bertz CT molecular complexity index is 556. The molecule has 4 heteroatoms. The lowest BCUT2D eigenvalue weighted by Crippen LogP contribution is -2.21. The lowest BCUT2D eigenvalue weighted by molar-refractivity contribution is 0.258. The number of aromatic nitrogens is 2. The number of benzene rings is 1. The van der Waals surface area contributed by atoms with Gasteiger partial charge in [-0.15, -0.1) is 0 Å². The molecule has 0 fully saturated rings. The molecule has 2 heterocycles. The van der Waals surface area contributed by atoms with Crippen LogP contribution in [0.5, 0.6) is 5.75 Å². The van der Waals surface area contributed by atoms with Crippen LogP contribution < -0.4 is 10.1 Å². The lowest BCUT2D eigenvalue weighted by atomic mass is 9.96. The second kappa shape index (κ2) is 4.64. The van der Waals surface area contributed by atoms with Crippen molar-refractivity contribution in [3.63, 3.8) is 0 Å². The maximum atomic E-state index is 5.76. The fraction of sp³-hybridized carbons (Fsp3) is 0.286. The van der Waals surface area contributed by atoms with Crippen molar-refractivity contribution in [1.29, 1.82) is 0 Å². The summed E-state index contributed by atoms with van der Waals surface area (Å²) in [6, 6.07) is 10.0. The van der Waals surface area contributed by atoms with Gasteiger partial charge in [0.2, 0.25) is 0 Å². The Kier molecular flexibility index (Phi) is 2.84. The van der Waals surface area contributed by atoms with Gasteiger partial charge in [0.25, 0.3) is 0 Å². The minimum atomic E-state index is 0.230. The molecule has 1 aromatic heterocycles. The molecule has 1 aliphatic rings. The van der Waals surface area contributed by atoms with Crippen LogP contribution in [0.2, 0.25) is 0 Å². The van der Waals surface area contributed by atoms with Gasteiger partial charge in [0, 0.05) is 13.2 Å². The molecule has 4 nitrogen and oxygen atoms in total. The van der Waals surface area contributed by atoms with Gasteiger partial charge in [-0.25, -0.2) is 9.97 Å². The van der Waals surface area contributed by atoms with Crippen LogP contribution in [0.3, 0.4) is 0 Å². The molecule has 1 aromatic carbocycles. The van der Waals surface area contributed by atoms with Crippen molar-refractivity contribution >= 4 is 5.82 Å². The largest absolute Gasteiger partial charge is 0.493 e. The van der Waals surface area contributed by atoms with Crippen LogP contribution in [0.15, 0.2) is 36.5 Å². The Morgan fingerprint density at radius 3 is 3.06 bits per heavy atom. The summed E-state index contributed by atoms with van der Waals surface area (Å²) in [5, 5.41) is 3.03. The molecular formula is C14H15N3O. The number of para-hydroxylation sites is 1. The molecule has 3 rings (SSSR count). The first kappa shape index (κ1) is 11.0. The molecule has 0 saturated carbocycles. The van der Waals surface area contributed by atoms with Gasteiger partial charge in [0.1, 0.15) is 17.4 Å². The predicted molar refractivity (Wildman–Crippen MR) is 70.0 cm³/mol. The van der Waals surface area contributed by atoms with E-state index in [-0.39, 0.29) is 5.92 Å². The van der Waals surface area contributed by atoms with E-state index < -0.39 is 0 Å². The Labute approximate surface area is 106 Å². The van der Waals surface area contributed by atoms with Crippen molar-refractivity contribution in [1.82, 2.24) is 9.97 Å². The molecule has 0 saturated heterocycles. The Morgan fingerprint density at radius 1 is 1.28 bits per heavy atom. The summed E-state index contributed by atoms with van der Waals surface area (Å²) in [6.07, 6.45) is 2.72. The molecule has 1 aliphatic heterocycles. The van der Waals surface area contributed by atoms with Gasteiger partial charge in [-0.2, -0.15) is 0 Å². The number of fused-ring (bicyclic) bond motifs is 1. The summed E-state index contributed by atoms with van der Waals surface area (Å²) in [4.78, 5) is 8.84. The summed E-state index contributed by atoms with van der Waals surface area (Å²) in [6.45, 7) is 0.643. The maximum Gasteiger partial charge on any atom is 0.137 e. The zero-order chi connectivity index (χ0) is 12.4. The number of nitrogens with zero attached hydrogens (tertiary/aromatic N) is 2. The van der Waals surface area contributed by atoms with Gasteiger partial charge >= 0.3 is 0 Å². The highest BCUT2D eigenvalue weighted by molar-refractivity contribution is 5.37. The first-order valence-electron chi connectivity index (χ1n) is 6.08. The standard InChI is InChI=1S/C14H15N3O/c1-15-13-6-7-16-14(17-13)11-8-10-4-2-3-5-12(10)18-9-11/h2-7,11H,8-9H2,1H3,(H,15,16,17). The van der Waals surface area contributed by atoms with E-state index in [0.29, 0.717) is 6.61 Å². The maximum absolute atomic E-state index is 5.76. The summed E-state index contributed by atoms with van der Waals surface area (Å²) in [5.41, 5.74) is 1.23. The number of rotatable bonds is 2. The van der Waals surface area contributed by atoms with Crippen LogP contribution in [0, 0.1) is 0 Å². The van der Waals surface area contributed by atoms with Crippen LogP contribution in [-0.4, -0.2) is 23.6 Å². The van der Waals surface area contributed by atoms with Gasteiger partial charge in [-0.1, -0.05) is 18.2 Å². The van der Waals surface area contributed by atoms with Crippen LogP contribution in [0.25, 0.3) is 0 Å². The van der Waals surface area contributed by atoms with Gasteiger partial charge in [0.15, 0.2) is 0 Å². The highest BCUT2D eigenvalue weighted by Gasteiger charge is 2.23. The number of nitrogens with one attached hydrogen (secondary N) is 1. The average molecular weight is 241 g/mol. The summed E-state index contributed by atoms with van der Waals surface area (Å²) < 4.78 is 5.76. The zero-order valence-corrected chi connectivity index (χ0v) is 10.3. The van der Waals surface area contributed by atoms with E-state index in [9.17, 15) is 0 Å². The molecular weight excluding hydrogens is 226 g/mol. The summed E-state index contributed by atoms with van der Waals surface area (Å²) >= 11 is 0.